The molecule has 0 aliphatic heterocycles. The molecule has 2 nitrogen and oxygen atoms in total. The standard InChI is InChI=1S/C10H9NOS/c12-10-8(3-1-5-11-10)7-9-4-2-6-13-9/h1-6H,7H2,(H,11,12). The molecule has 0 saturated heterocycles. The maximum atomic E-state index is 11.3. The van der Waals surface area contributed by atoms with Gasteiger partial charge in [0.2, 0.25) is 0 Å². The van der Waals surface area contributed by atoms with E-state index in [0.717, 1.165) is 12.0 Å². The van der Waals surface area contributed by atoms with E-state index < -0.39 is 0 Å². The number of aromatic nitrogens is 1. The first kappa shape index (κ1) is 8.26. The molecule has 0 aliphatic rings. The molecule has 0 bridgehead atoms. The maximum Gasteiger partial charge on any atom is 0.251 e. The Morgan fingerprint density at radius 1 is 1.31 bits per heavy atom. The summed E-state index contributed by atoms with van der Waals surface area (Å²) in [5.74, 6) is 0. The fourth-order valence-corrected chi connectivity index (χ4v) is 1.92. The molecule has 2 rings (SSSR count). The third-order valence-corrected chi connectivity index (χ3v) is 2.72. The van der Waals surface area contributed by atoms with Gasteiger partial charge in [-0.15, -0.1) is 11.3 Å². The Bertz CT molecular complexity index is 430. The molecule has 0 fully saturated rings. The second-order valence-corrected chi connectivity index (χ2v) is 3.81. The van der Waals surface area contributed by atoms with Gasteiger partial charge in [0.25, 0.3) is 5.56 Å². The number of thiophene rings is 1. The Hall–Kier alpha value is -1.35. The van der Waals surface area contributed by atoms with Crippen molar-refractivity contribution in [3.8, 4) is 0 Å². The van der Waals surface area contributed by atoms with E-state index in [0.29, 0.717) is 0 Å². The summed E-state index contributed by atoms with van der Waals surface area (Å²) in [5, 5.41) is 2.02. The van der Waals surface area contributed by atoms with Crippen LogP contribution >= 0.6 is 11.3 Å². The quantitative estimate of drug-likeness (QED) is 0.774. The molecular weight excluding hydrogens is 182 g/mol. The predicted molar refractivity (Wildman–Crippen MR) is 54.2 cm³/mol. The molecule has 0 aliphatic carbocycles. The molecule has 0 spiro atoms. The van der Waals surface area contributed by atoms with Crippen LogP contribution in [0.25, 0.3) is 0 Å². The van der Waals surface area contributed by atoms with Crippen molar-refractivity contribution in [3.63, 3.8) is 0 Å². The Morgan fingerprint density at radius 3 is 2.92 bits per heavy atom. The Balaban J connectivity index is 2.29. The van der Waals surface area contributed by atoms with Crippen LogP contribution in [0.3, 0.4) is 0 Å². The molecule has 0 aromatic carbocycles. The van der Waals surface area contributed by atoms with Crippen LogP contribution in [0.5, 0.6) is 0 Å². The van der Waals surface area contributed by atoms with Crippen LogP contribution in [0.4, 0.5) is 0 Å². The van der Waals surface area contributed by atoms with Crippen LogP contribution in [-0.4, -0.2) is 4.98 Å². The fraction of sp³-hybridized carbons (Fsp3) is 0.100. The number of hydrogen-bond acceptors (Lipinski definition) is 2. The zero-order chi connectivity index (χ0) is 9.10. The number of hydrogen-bond donors (Lipinski definition) is 1. The molecule has 2 aromatic rings. The van der Waals surface area contributed by atoms with Crippen molar-refractivity contribution >= 4 is 11.3 Å². The summed E-state index contributed by atoms with van der Waals surface area (Å²) >= 11 is 1.67. The molecule has 0 atom stereocenters. The van der Waals surface area contributed by atoms with Crippen LogP contribution < -0.4 is 5.56 Å². The monoisotopic (exact) mass is 191 g/mol. The summed E-state index contributed by atoms with van der Waals surface area (Å²) < 4.78 is 0. The Kier molecular flexibility index (Phi) is 2.27. The second-order valence-electron chi connectivity index (χ2n) is 2.78. The van der Waals surface area contributed by atoms with Crippen molar-refractivity contribution in [3.05, 3.63) is 56.6 Å². The van der Waals surface area contributed by atoms with Gasteiger partial charge >= 0.3 is 0 Å². The summed E-state index contributed by atoms with van der Waals surface area (Å²) in [5.41, 5.74) is 0.834. The van der Waals surface area contributed by atoms with E-state index in [9.17, 15) is 4.79 Å². The van der Waals surface area contributed by atoms with E-state index in [-0.39, 0.29) is 5.56 Å². The topological polar surface area (TPSA) is 32.9 Å². The average molecular weight is 191 g/mol. The summed E-state index contributed by atoms with van der Waals surface area (Å²) in [6.07, 6.45) is 2.38. The molecule has 0 radical (unpaired) electrons. The summed E-state index contributed by atoms with van der Waals surface area (Å²) in [4.78, 5) is 15.2. The Morgan fingerprint density at radius 2 is 2.23 bits per heavy atom. The molecule has 0 amide bonds. The number of pyridine rings is 1. The minimum Gasteiger partial charge on any atom is -0.329 e. The highest BCUT2D eigenvalue weighted by Gasteiger charge is 1.99. The first-order chi connectivity index (χ1) is 6.36. The molecule has 2 heterocycles. The van der Waals surface area contributed by atoms with Crippen LogP contribution in [0.15, 0.2) is 40.6 Å². The van der Waals surface area contributed by atoms with Gasteiger partial charge in [-0.1, -0.05) is 12.1 Å². The van der Waals surface area contributed by atoms with Crippen LogP contribution in [0.1, 0.15) is 10.4 Å². The summed E-state index contributed by atoms with van der Waals surface area (Å²) in [6, 6.07) is 7.75. The van der Waals surface area contributed by atoms with Gasteiger partial charge in [0.15, 0.2) is 0 Å². The molecule has 3 heteroatoms. The average Bonchev–Trinajstić information content (AvgIpc) is 2.61. The predicted octanol–water partition coefficient (Wildman–Crippen LogP) is 2.03. The highest BCUT2D eigenvalue weighted by Crippen LogP contribution is 2.11. The first-order valence-electron chi connectivity index (χ1n) is 4.05. The minimum atomic E-state index is 0.0101. The first-order valence-corrected chi connectivity index (χ1v) is 4.93. The molecule has 2 aromatic heterocycles. The molecule has 66 valence electrons. The van der Waals surface area contributed by atoms with E-state index in [4.69, 9.17) is 0 Å². The van der Waals surface area contributed by atoms with Gasteiger partial charge in [-0.3, -0.25) is 4.79 Å². The summed E-state index contributed by atoms with van der Waals surface area (Å²) in [6.45, 7) is 0. The minimum absolute atomic E-state index is 0.0101. The van der Waals surface area contributed by atoms with Crippen molar-refractivity contribution < 1.29 is 0 Å². The number of H-pyrrole nitrogens is 1. The third-order valence-electron chi connectivity index (χ3n) is 1.84. The number of nitrogens with one attached hydrogen (secondary N) is 1. The Labute approximate surface area is 79.9 Å². The van der Waals surface area contributed by atoms with Gasteiger partial charge in [-0.25, -0.2) is 0 Å². The highest BCUT2D eigenvalue weighted by atomic mass is 32.1. The van der Waals surface area contributed by atoms with Crippen LogP contribution in [-0.2, 0) is 6.42 Å². The molecule has 0 unspecified atom stereocenters. The number of aromatic amines is 1. The second kappa shape index (κ2) is 3.58. The zero-order valence-corrected chi connectivity index (χ0v) is 7.80. The van der Waals surface area contributed by atoms with Crippen molar-refractivity contribution in [1.29, 1.82) is 0 Å². The van der Waals surface area contributed by atoms with Crippen molar-refractivity contribution in [2.75, 3.05) is 0 Å². The molecule has 0 saturated carbocycles. The molecular formula is C10H9NOS. The lowest BCUT2D eigenvalue weighted by Gasteiger charge is -1.95. The normalized spacial score (nSPS) is 10.2. The molecule has 1 N–H and O–H groups in total. The van der Waals surface area contributed by atoms with Gasteiger partial charge in [-0.05, 0) is 17.5 Å². The largest absolute Gasteiger partial charge is 0.329 e. The van der Waals surface area contributed by atoms with Gasteiger partial charge < -0.3 is 4.98 Å². The van der Waals surface area contributed by atoms with Gasteiger partial charge in [-0.2, -0.15) is 0 Å². The lowest BCUT2D eigenvalue weighted by molar-refractivity contribution is 1.11. The van der Waals surface area contributed by atoms with E-state index in [2.05, 4.69) is 4.98 Å². The van der Waals surface area contributed by atoms with E-state index in [1.165, 1.54) is 4.88 Å². The van der Waals surface area contributed by atoms with Crippen LogP contribution in [0.2, 0.25) is 0 Å². The van der Waals surface area contributed by atoms with Crippen molar-refractivity contribution in [2.45, 2.75) is 6.42 Å². The number of rotatable bonds is 2. The van der Waals surface area contributed by atoms with Crippen LogP contribution in [0, 0.1) is 0 Å². The lowest BCUT2D eigenvalue weighted by atomic mass is 10.2. The van der Waals surface area contributed by atoms with E-state index in [1.54, 1.807) is 17.5 Å². The van der Waals surface area contributed by atoms with Crippen molar-refractivity contribution in [2.24, 2.45) is 0 Å². The SMILES string of the molecule is O=c1[nH]cccc1Cc1cccs1. The zero-order valence-electron chi connectivity index (χ0n) is 6.99. The smallest absolute Gasteiger partial charge is 0.251 e. The van der Waals surface area contributed by atoms with E-state index in [1.807, 2.05) is 29.6 Å². The third kappa shape index (κ3) is 1.87. The lowest BCUT2D eigenvalue weighted by Crippen LogP contribution is -2.10. The van der Waals surface area contributed by atoms with Gasteiger partial charge in [0.05, 0.1) is 0 Å². The highest BCUT2D eigenvalue weighted by molar-refractivity contribution is 7.09. The van der Waals surface area contributed by atoms with Gasteiger partial charge in [0.1, 0.15) is 0 Å². The maximum absolute atomic E-state index is 11.3. The molecule has 13 heavy (non-hydrogen) atoms. The van der Waals surface area contributed by atoms with Gasteiger partial charge in [0, 0.05) is 23.1 Å². The van der Waals surface area contributed by atoms with E-state index >= 15 is 0 Å². The summed E-state index contributed by atoms with van der Waals surface area (Å²) in [7, 11) is 0. The van der Waals surface area contributed by atoms with Crippen molar-refractivity contribution in [1.82, 2.24) is 4.98 Å². The fourth-order valence-electron chi connectivity index (χ4n) is 1.20.